The lowest BCUT2D eigenvalue weighted by atomic mass is 10.3. The topological polar surface area (TPSA) is 84.2 Å². The van der Waals surface area contributed by atoms with E-state index in [-0.39, 0.29) is 10.6 Å². The van der Waals surface area contributed by atoms with Crippen molar-refractivity contribution in [3.05, 3.63) is 36.7 Å². The minimum Gasteiger partial charge on any atom is -0.387 e. The molecule has 0 aliphatic rings. The Balaban J connectivity index is 2.38. The molecule has 1 aromatic carbocycles. The number of anilines is 2. The van der Waals surface area contributed by atoms with Crippen LogP contribution in [0.1, 0.15) is 0 Å². The van der Waals surface area contributed by atoms with Gasteiger partial charge in [0.2, 0.25) is 0 Å². The zero-order valence-corrected chi connectivity index (χ0v) is 9.86. The molecule has 2 rings (SSSR count). The lowest BCUT2D eigenvalue weighted by molar-refractivity contribution is 0.420. The molecule has 0 spiro atoms. The van der Waals surface area contributed by atoms with Crippen LogP contribution in [0, 0.1) is 0 Å². The second kappa shape index (κ2) is 4.46. The summed E-state index contributed by atoms with van der Waals surface area (Å²) >= 11 is 0. The summed E-state index contributed by atoms with van der Waals surface area (Å²) in [7, 11) is -1.98. The fourth-order valence-electron chi connectivity index (χ4n) is 1.37. The quantitative estimate of drug-likeness (QED) is 0.863. The van der Waals surface area contributed by atoms with Gasteiger partial charge in [-0.15, -0.1) is 0 Å². The van der Waals surface area contributed by atoms with Crippen molar-refractivity contribution in [1.29, 1.82) is 0 Å². The van der Waals surface area contributed by atoms with Crippen molar-refractivity contribution in [3.8, 4) is 0 Å². The lowest BCUT2D eigenvalue weighted by Crippen LogP contribution is -2.14. The number of aromatic nitrogens is 1. The molecule has 1 aromatic heterocycles. The molecule has 0 saturated carbocycles. The molecule has 6 nitrogen and oxygen atoms in total. The molecule has 90 valence electrons. The maximum absolute atomic E-state index is 12.1. The predicted octanol–water partition coefficient (Wildman–Crippen LogP) is 1.52. The van der Waals surface area contributed by atoms with Crippen LogP contribution in [-0.4, -0.2) is 20.6 Å². The van der Waals surface area contributed by atoms with Gasteiger partial charge in [0.1, 0.15) is 16.8 Å². The van der Waals surface area contributed by atoms with Gasteiger partial charge >= 0.3 is 0 Å². The zero-order valence-electron chi connectivity index (χ0n) is 9.04. The largest absolute Gasteiger partial charge is 0.387 e. The number of nitrogens with zero attached hydrogens (tertiary/aromatic N) is 1. The first kappa shape index (κ1) is 11.5. The second-order valence-electron chi connectivity index (χ2n) is 3.26. The van der Waals surface area contributed by atoms with Crippen molar-refractivity contribution in [2.45, 2.75) is 4.90 Å². The van der Waals surface area contributed by atoms with Crippen molar-refractivity contribution in [3.63, 3.8) is 0 Å². The predicted molar refractivity (Wildman–Crippen MR) is 63.3 cm³/mol. The molecule has 1 heterocycles. The van der Waals surface area contributed by atoms with Gasteiger partial charge in [0, 0.05) is 7.05 Å². The first-order valence-corrected chi connectivity index (χ1v) is 6.31. The summed E-state index contributed by atoms with van der Waals surface area (Å²) in [6.45, 7) is 0. The zero-order chi connectivity index (χ0) is 12.3. The van der Waals surface area contributed by atoms with E-state index in [2.05, 4.69) is 19.7 Å². The molecule has 0 aliphatic carbocycles. The molecule has 0 aliphatic heterocycles. The monoisotopic (exact) mass is 253 g/mol. The number of hydrogen-bond acceptors (Lipinski definition) is 5. The third-order valence-electron chi connectivity index (χ3n) is 2.13. The summed E-state index contributed by atoms with van der Waals surface area (Å²) in [4.78, 5) is 0.170. The Bertz CT molecular complexity index is 593. The van der Waals surface area contributed by atoms with Crippen LogP contribution >= 0.6 is 0 Å². The van der Waals surface area contributed by atoms with Crippen molar-refractivity contribution in [1.82, 2.24) is 5.16 Å². The first-order valence-electron chi connectivity index (χ1n) is 4.82. The van der Waals surface area contributed by atoms with Crippen LogP contribution in [0.2, 0.25) is 0 Å². The van der Waals surface area contributed by atoms with Crippen molar-refractivity contribution < 1.29 is 12.9 Å². The minimum absolute atomic E-state index is 0.170. The van der Waals surface area contributed by atoms with Crippen molar-refractivity contribution in [2.24, 2.45) is 0 Å². The molecule has 17 heavy (non-hydrogen) atoms. The molecular weight excluding hydrogens is 242 g/mol. The fraction of sp³-hybridized carbons (Fsp3) is 0.100. The van der Waals surface area contributed by atoms with Crippen LogP contribution in [0.3, 0.4) is 0 Å². The van der Waals surface area contributed by atoms with Gasteiger partial charge < -0.3 is 9.84 Å². The van der Waals surface area contributed by atoms with Crippen LogP contribution in [0.15, 0.2) is 46.1 Å². The van der Waals surface area contributed by atoms with Gasteiger partial charge in [-0.25, -0.2) is 8.42 Å². The highest BCUT2D eigenvalue weighted by Crippen LogP contribution is 2.22. The first-order chi connectivity index (χ1) is 8.13. The minimum atomic E-state index is -3.64. The molecule has 0 unspecified atom stereocenters. The van der Waals surface area contributed by atoms with E-state index >= 15 is 0 Å². The summed E-state index contributed by atoms with van der Waals surface area (Å²) in [6.07, 6.45) is 2.51. The van der Waals surface area contributed by atoms with E-state index in [0.717, 1.165) is 0 Å². The highest BCUT2D eigenvalue weighted by atomic mass is 32.2. The summed E-state index contributed by atoms with van der Waals surface area (Å²) in [6, 6.07) is 6.61. The van der Waals surface area contributed by atoms with Crippen LogP contribution in [0.5, 0.6) is 0 Å². The van der Waals surface area contributed by atoms with E-state index < -0.39 is 10.0 Å². The summed E-state index contributed by atoms with van der Waals surface area (Å²) in [5, 5.41) is 6.25. The number of sulfonamides is 1. The molecule has 2 aromatic rings. The Kier molecular flexibility index (Phi) is 3.01. The van der Waals surface area contributed by atoms with E-state index in [1.807, 2.05) is 0 Å². The third kappa shape index (κ3) is 2.39. The Hall–Kier alpha value is -2.02. The number of rotatable bonds is 4. The van der Waals surface area contributed by atoms with Gasteiger partial charge in [-0.1, -0.05) is 17.3 Å². The maximum atomic E-state index is 12.1. The molecule has 7 heteroatoms. The van der Waals surface area contributed by atoms with E-state index in [4.69, 9.17) is 0 Å². The number of hydrogen-bond donors (Lipinski definition) is 2. The molecular formula is C10H11N3O3S. The molecule has 0 radical (unpaired) electrons. The highest BCUT2D eigenvalue weighted by Gasteiger charge is 2.18. The Morgan fingerprint density at radius 1 is 1.29 bits per heavy atom. The van der Waals surface area contributed by atoms with Crippen LogP contribution in [0.25, 0.3) is 0 Å². The molecule has 0 amide bonds. The Labute approximate surface area is 98.7 Å². The average Bonchev–Trinajstić information content (AvgIpc) is 2.81. The van der Waals surface area contributed by atoms with E-state index in [1.165, 1.54) is 18.5 Å². The molecule has 0 bridgehead atoms. The van der Waals surface area contributed by atoms with Gasteiger partial charge in [0.15, 0.2) is 0 Å². The molecule has 0 atom stereocenters. The molecule has 2 N–H and O–H groups in total. The standard InChI is InChI=1S/C10H11N3O3S/c1-11-9-4-2-3-5-10(9)17(14,15)13-8-6-12-16-7-8/h2-7,11,13H,1H3. The van der Waals surface area contributed by atoms with Gasteiger partial charge in [0.05, 0.1) is 11.9 Å². The van der Waals surface area contributed by atoms with E-state index in [0.29, 0.717) is 5.69 Å². The van der Waals surface area contributed by atoms with Gasteiger partial charge in [-0.2, -0.15) is 0 Å². The third-order valence-corrected chi connectivity index (χ3v) is 3.57. The van der Waals surface area contributed by atoms with Gasteiger partial charge in [0.25, 0.3) is 10.0 Å². The van der Waals surface area contributed by atoms with E-state index in [9.17, 15) is 8.42 Å². The summed E-state index contributed by atoms with van der Waals surface area (Å²) < 4.78 is 31.0. The number of para-hydroxylation sites is 1. The van der Waals surface area contributed by atoms with Crippen molar-refractivity contribution in [2.75, 3.05) is 17.1 Å². The summed E-state index contributed by atoms with van der Waals surface area (Å²) in [5.74, 6) is 0. The smallest absolute Gasteiger partial charge is 0.264 e. The van der Waals surface area contributed by atoms with Crippen LogP contribution in [-0.2, 0) is 10.0 Å². The van der Waals surface area contributed by atoms with Gasteiger partial charge in [-0.05, 0) is 12.1 Å². The Morgan fingerprint density at radius 3 is 2.71 bits per heavy atom. The van der Waals surface area contributed by atoms with Crippen molar-refractivity contribution >= 4 is 21.4 Å². The molecule has 0 fully saturated rings. The van der Waals surface area contributed by atoms with Crippen LogP contribution in [0.4, 0.5) is 11.4 Å². The Morgan fingerprint density at radius 2 is 2.06 bits per heavy atom. The number of nitrogens with one attached hydrogen (secondary N) is 2. The number of benzene rings is 1. The average molecular weight is 253 g/mol. The second-order valence-corrected chi connectivity index (χ2v) is 4.92. The normalized spacial score (nSPS) is 11.1. The van der Waals surface area contributed by atoms with E-state index in [1.54, 1.807) is 25.2 Å². The highest BCUT2D eigenvalue weighted by molar-refractivity contribution is 7.92. The maximum Gasteiger partial charge on any atom is 0.264 e. The SMILES string of the molecule is CNc1ccccc1S(=O)(=O)Nc1cnoc1. The lowest BCUT2D eigenvalue weighted by Gasteiger charge is -2.10. The van der Waals surface area contributed by atoms with Crippen LogP contribution < -0.4 is 10.0 Å². The van der Waals surface area contributed by atoms with Gasteiger partial charge in [-0.3, -0.25) is 4.72 Å². The molecule has 0 saturated heterocycles. The fourth-order valence-corrected chi connectivity index (χ4v) is 2.61. The summed E-state index contributed by atoms with van der Waals surface area (Å²) in [5.41, 5.74) is 0.812.